The molecule has 3 N–H and O–H groups in total. The molecule has 1 rings (SSSR count). The minimum atomic E-state index is -0.304. The number of nitrogens with one attached hydrogen (secondary N) is 1. The molecule has 1 aliphatic heterocycles. The van der Waals surface area contributed by atoms with Gasteiger partial charge >= 0.3 is 5.97 Å². The van der Waals surface area contributed by atoms with Crippen molar-refractivity contribution in [3.63, 3.8) is 0 Å². The summed E-state index contributed by atoms with van der Waals surface area (Å²) in [4.78, 5) is 17.9. The lowest BCUT2D eigenvalue weighted by atomic mass is 9.80. The highest BCUT2D eigenvalue weighted by Gasteiger charge is 2.31. The first-order valence-corrected chi connectivity index (χ1v) is 5.81. The average Bonchev–Trinajstić information content (AvgIpc) is 2.63. The third-order valence-corrected chi connectivity index (χ3v) is 3.30. The molecule has 1 heterocycles. The van der Waals surface area contributed by atoms with Gasteiger partial charge in [-0.15, -0.1) is 0 Å². The number of carbonyl (C=O) groups is 1. The minimum absolute atomic E-state index is 0.304. The summed E-state index contributed by atoms with van der Waals surface area (Å²) in [5.74, 6) is 5.30. The molecule has 0 amide bonds. The largest absolute Gasteiger partial charge is 0.356 e. The molecule has 0 aliphatic carbocycles. The van der Waals surface area contributed by atoms with Gasteiger partial charge in [-0.1, -0.05) is 26.4 Å². The molecule has 0 aromatic rings. The SMILES string of the molecule is CC(C)(C)C1CCN(CCC(=O)ONN)C1. The van der Waals surface area contributed by atoms with Gasteiger partial charge in [-0.25, -0.2) is 5.84 Å². The zero-order chi connectivity index (χ0) is 12.2. The lowest BCUT2D eigenvalue weighted by molar-refractivity contribution is -0.151. The average molecular weight is 229 g/mol. The molecule has 0 radical (unpaired) electrons. The summed E-state index contributed by atoms with van der Waals surface area (Å²) in [7, 11) is 0. The lowest BCUT2D eigenvalue weighted by Crippen LogP contribution is -2.30. The van der Waals surface area contributed by atoms with Crippen LogP contribution in [0.2, 0.25) is 0 Å². The van der Waals surface area contributed by atoms with Crippen LogP contribution in [0.3, 0.4) is 0 Å². The fourth-order valence-corrected chi connectivity index (χ4v) is 2.11. The van der Waals surface area contributed by atoms with E-state index in [1.54, 1.807) is 0 Å². The normalized spacial score (nSPS) is 22.4. The minimum Gasteiger partial charge on any atom is -0.356 e. The van der Waals surface area contributed by atoms with Crippen LogP contribution < -0.4 is 11.4 Å². The number of carbonyl (C=O) groups excluding carboxylic acids is 1. The molecule has 0 aromatic heterocycles. The fourth-order valence-electron chi connectivity index (χ4n) is 2.11. The number of likely N-dealkylation sites (tertiary alicyclic amines) is 1. The van der Waals surface area contributed by atoms with Crippen LogP contribution in [0.4, 0.5) is 0 Å². The molecule has 1 aliphatic rings. The van der Waals surface area contributed by atoms with Crippen molar-refractivity contribution in [2.45, 2.75) is 33.6 Å². The molecule has 1 saturated heterocycles. The third kappa shape index (κ3) is 4.08. The van der Waals surface area contributed by atoms with Crippen molar-refractivity contribution < 1.29 is 9.63 Å². The Hall–Kier alpha value is -0.650. The van der Waals surface area contributed by atoms with Gasteiger partial charge in [0.1, 0.15) is 0 Å². The second-order valence-corrected chi connectivity index (χ2v) is 5.49. The van der Waals surface area contributed by atoms with Crippen LogP contribution in [0, 0.1) is 11.3 Å². The van der Waals surface area contributed by atoms with Gasteiger partial charge in [0, 0.05) is 13.1 Å². The van der Waals surface area contributed by atoms with Crippen molar-refractivity contribution in [1.82, 2.24) is 10.5 Å². The Morgan fingerprint density at radius 2 is 2.25 bits per heavy atom. The first-order chi connectivity index (χ1) is 7.43. The standard InChI is InChI=1S/C11H23N3O2/c1-11(2,3)9-4-6-14(8-9)7-5-10(15)16-13-12/h9,13H,4-8,12H2,1-3H3. The number of hydrogen-bond donors (Lipinski definition) is 2. The second-order valence-electron chi connectivity index (χ2n) is 5.49. The Labute approximate surface area is 97.2 Å². The van der Waals surface area contributed by atoms with E-state index in [4.69, 9.17) is 5.84 Å². The van der Waals surface area contributed by atoms with Crippen molar-refractivity contribution in [1.29, 1.82) is 0 Å². The van der Waals surface area contributed by atoms with Crippen molar-refractivity contribution in [3.05, 3.63) is 0 Å². The molecular formula is C11H23N3O2. The summed E-state index contributed by atoms with van der Waals surface area (Å²) in [5, 5.41) is 0. The molecule has 0 spiro atoms. The van der Waals surface area contributed by atoms with E-state index in [0.29, 0.717) is 11.8 Å². The maximum absolute atomic E-state index is 11.1. The van der Waals surface area contributed by atoms with Gasteiger partial charge in [-0.05, 0) is 24.3 Å². The highest BCUT2D eigenvalue weighted by Crippen LogP contribution is 2.33. The zero-order valence-corrected chi connectivity index (χ0v) is 10.5. The van der Waals surface area contributed by atoms with Crippen molar-refractivity contribution in [3.8, 4) is 0 Å². The fraction of sp³-hybridized carbons (Fsp3) is 0.909. The van der Waals surface area contributed by atoms with E-state index in [0.717, 1.165) is 25.6 Å². The van der Waals surface area contributed by atoms with E-state index in [-0.39, 0.29) is 5.97 Å². The molecule has 0 bridgehead atoms. The third-order valence-electron chi connectivity index (χ3n) is 3.30. The van der Waals surface area contributed by atoms with Gasteiger partial charge in [0.15, 0.2) is 0 Å². The number of nitrogens with two attached hydrogens (primary N) is 1. The van der Waals surface area contributed by atoms with Gasteiger partial charge in [-0.3, -0.25) is 4.79 Å². The van der Waals surface area contributed by atoms with Crippen molar-refractivity contribution >= 4 is 5.97 Å². The summed E-state index contributed by atoms with van der Waals surface area (Å²) in [6.45, 7) is 9.72. The molecule has 1 unspecified atom stereocenters. The van der Waals surface area contributed by atoms with E-state index in [9.17, 15) is 4.79 Å². The molecule has 5 nitrogen and oxygen atoms in total. The Kier molecular flexibility index (Phi) is 4.70. The van der Waals surface area contributed by atoms with Crippen molar-refractivity contribution in [2.75, 3.05) is 19.6 Å². The van der Waals surface area contributed by atoms with Crippen LogP contribution in [0.15, 0.2) is 0 Å². The monoisotopic (exact) mass is 229 g/mol. The highest BCUT2D eigenvalue weighted by molar-refractivity contribution is 5.69. The van der Waals surface area contributed by atoms with Crippen molar-refractivity contribution in [2.24, 2.45) is 17.2 Å². The van der Waals surface area contributed by atoms with Crippen LogP contribution in [-0.4, -0.2) is 30.5 Å². The molecule has 0 saturated carbocycles. The smallest absolute Gasteiger partial charge is 0.327 e. The van der Waals surface area contributed by atoms with Crippen LogP contribution in [0.25, 0.3) is 0 Å². The Balaban J connectivity index is 2.24. The predicted molar refractivity (Wildman–Crippen MR) is 62.0 cm³/mol. The summed E-state index contributed by atoms with van der Waals surface area (Å²) < 4.78 is 0. The zero-order valence-electron chi connectivity index (χ0n) is 10.5. The van der Waals surface area contributed by atoms with E-state index < -0.39 is 0 Å². The van der Waals surface area contributed by atoms with Crippen LogP contribution in [0.5, 0.6) is 0 Å². The summed E-state index contributed by atoms with van der Waals surface area (Å²) in [6.07, 6.45) is 1.61. The molecule has 1 atom stereocenters. The van der Waals surface area contributed by atoms with Gasteiger partial charge in [0.05, 0.1) is 6.42 Å². The van der Waals surface area contributed by atoms with E-state index in [1.807, 2.05) is 5.59 Å². The number of hydrazine groups is 1. The van der Waals surface area contributed by atoms with E-state index >= 15 is 0 Å². The summed E-state index contributed by atoms with van der Waals surface area (Å²) in [6, 6.07) is 0. The Morgan fingerprint density at radius 3 is 2.75 bits per heavy atom. The Morgan fingerprint density at radius 1 is 1.56 bits per heavy atom. The quantitative estimate of drug-likeness (QED) is 0.548. The number of hydrogen-bond acceptors (Lipinski definition) is 5. The van der Waals surface area contributed by atoms with Gasteiger partial charge < -0.3 is 9.74 Å². The molecule has 16 heavy (non-hydrogen) atoms. The Bertz CT molecular complexity index is 238. The lowest BCUT2D eigenvalue weighted by Gasteiger charge is -2.27. The van der Waals surface area contributed by atoms with Crippen LogP contribution in [-0.2, 0) is 9.63 Å². The highest BCUT2D eigenvalue weighted by atomic mass is 16.7. The summed E-state index contributed by atoms with van der Waals surface area (Å²) >= 11 is 0. The molecule has 5 heteroatoms. The second kappa shape index (κ2) is 5.61. The van der Waals surface area contributed by atoms with E-state index in [2.05, 4.69) is 30.5 Å². The van der Waals surface area contributed by atoms with Crippen LogP contribution in [0.1, 0.15) is 33.6 Å². The maximum Gasteiger partial charge on any atom is 0.327 e. The number of nitrogens with zero attached hydrogens (tertiary/aromatic N) is 1. The van der Waals surface area contributed by atoms with Crippen LogP contribution >= 0.6 is 0 Å². The molecule has 1 fully saturated rings. The predicted octanol–water partition coefficient (Wildman–Crippen LogP) is 0.666. The molecule has 94 valence electrons. The van der Waals surface area contributed by atoms with Gasteiger partial charge in [0.2, 0.25) is 0 Å². The van der Waals surface area contributed by atoms with Gasteiger partial charge in [-0.2, -0.15) is 0 Å². The molecular weight excluding hydrogens is 206 g/mol. The topological polar surface area (TPSA) is 67.6 Å². The summed E-state index contributed by atoms with van der Waals surface area (Å²) in [5.41, 5.74) is 2.26. The number of rotatable bonds is 4. The first kappa shape index (κ1) is 13.4. The van der Waals surface area contributed by atoms with E-state index in [1.165, 1.54) is 6.42 Å². The maximum atomic E-state index is 11.1. The van der Waals surface area contributed by atoms with Gasteiger partial charge in [0.25, 0.3) is 0 Å². The first-order valence-electron chi connectivity index (χ1n) is 5.81. The molecule has 0 aromatic carbocycles.